The number of ketones is 1. The van der Waals surface area contributed by atoms with E-state index in [1.54, 1.807) is 13.8 Å². The SMILES string of the molecule is C=C1OC(=O)C2=C1O[C@@H]1[C@@H](OC(=O)[C@](OC)(c3ccccc3)C(F)(F)F)[C@]3(O)CCCC[C@H]3[C@](C)(C2=O)[C@@H]1C. The van der Waals surface area contributed by atoms with E-state index in [1.165, 1.54) is 18.2 Å². The highest BCUT2D eigenvalue weighted by Gasteiger charge is 2.72. The van der Waals surface area contributed by atoms with E-state index < -0.39 is 70.1 Å². The van der Waals surface area contributed by atoms with Gasteiger partial charge in [0.2, 0.25) is 0 Å². The number of cyclic esters (lactones) is 1. The molecule has 0 spiro atoms. The zero-order chi connectivity index (χ0) is 28.5. The number of hydrogen-bond acceptors (Lipinski definition) is 8. The van der Waals surface area contributed by atoms with E-state index in [9.17, 15) is 32.7 Å². The summed E-state index contributed by atoms with van der Waals surface area (Å²) in [6.45, 7) is 6.88. The van der Waals surface area contributed by atoms with E-state index >= 15 is 0 Å². The summed E-state index contributed by atoms with van der Waals surface area (Å²) >= 11 is 0. The molecule has 2 heterocycles. The molecule has 0 amide bonds. The molecule has 210 valence electrons. The predicted molar refractivity (Wildman–Crippen MR) is 127 cm³/mol. The summed E-state index contributed by atoms with van der Waals surface area (Å²) in [7, 11) is 0.754. The van der Waals surface area contributed by atoms with Crippen molar-refractivity contribution in [2.75, 3.05) is 7.11 Å². The summed E-state index contributed by atoms with van der Waals surface area (Å²) in [5.74, 6) is -5.47. The van der Waals surface area contributed by atoms with E-state index in [2.05, 4.69) is 6.58 Å². The van der Waals surface area contributed by atoms with E-state index in [1.807, 2.05) is 0 Å². The molecule has 11 heteroatoms. The van der Waals surface area contributed by atoms with Crippen molar-refractivity contribution >= 4 is 17.7 Å². The van der Waals surface area contributed by atoms with Gasteiger partial charge in [0.25, 0.3) is 5.60 Å². The van der Waals surface area contributed by atoms with Gasteiger partial charge < -0.3 is 24.1 Å². The number of carbonyl (C=O) groups excluding carboxylic acids is 3. The molecule has 4 aliphatic rings. The van der Waals surface area contributed by atoms with Crippen molar-refractivity contribution in [2.24, 2.45) is 17.3 Å². The fourth-order valence-electron chi connectivity index (χ4n) is 7.00. The van der Waals surface area contributed by atoms with Crippen molar-refractivity contribution in [1.82, 2.24) is 0 Å². The predicted octanol–water partition coefficient (Wildman–Crippen LogP) is 3.87. The normalized spacial score (nSPS) is 35.7. The monoisotopic (exact) mass is 550 g/mol. The molecule has 1 N–H and O–H groups in total. The van der Waals surface area contributed by atoms with Crippen LogP contribution in [0.25, 0.3) is 0 Å². The molecular formula is C28H29F3O8. The molecule has 39 heavy (non-hydrogen) atoms. The van der Waals surface area contributed by atoms with Gasteiger partial charge in [0.1, 0.15) is 17.3 Å². The van der Waals surface area contributed by atoms with Crippen LogP contribution in [0.3, 0.4) is 0 Å². The van der Waals surface area contributed by atoms with Crippen molar-refractivity contribution < 1.29 is 51.6 Å². The third kappa shape index (κ3) is 3.55. The second-order valence-electron chi connectivity index (χ2n) is 10.9. The summed E-state index contributed by atoms with van der Waals surface area (Å²) in [5, 5.41) is 12.1. The van der Waals surface area contributed by atoms with Crippen LogP contribution in [0.15, 0.2) is 54.0 Å². The average Bonchev–Trinajstić information content (AvgIpc) is 3.13. The quantitative estimate of drug-likeness (QED) is 0.445. The number of fused-ring (bicyclic) bond motifs is 4. The van der Waals surface area contributed by atoms with Gasteiger partial charge in [-0.2, -0.15) is 13.2 Å². The molecule has 2 aliphatic carbocycles. The third-order valence-electron chi connectivity index (χ3n) is 9.15. The van der Waals surface area contributed by atoms with Gasteiger partial charge in [0.05, 0.1) is 0 Å². The molecular weight excluding hydrogens is 521 g/mol. The van der Waals surface area contributed by atoms with Crippen LogP contribution in [0.1, 0.15) is 45.1 Å². The van der Waals surface area contributed by atoms with Crippen LogP contribution >= 0.6 is 0 Å². The van der Waals surface area contributed by atoms with E-state index in [4.69, 9.17) is 18.9 Å². The number of alkyl halides is 3. The van der Waals surface area contributed by atoms with Crippen molar-refractivity contribution in [3.05, 3.63) is 59.6 Å². The van der Waals surface area contributed by atoms with Gasteiger partial charge in [-0.3, -0.25) is 4.79 Å². The molecule has 2 fully saturated rings. The van der Waals surface area contributed by atoms with Crippen molar-refractivity contribution in [3.63, 3.8) is 0 Å². The van der Waals surface area contributed by atoms with Gasteiger partial charge in [-0.1, -0.05) is 63.6 Å². The Labute approximate surface area is 222 Å². The van der Waals surface area contributed by atoms with Crippen LogP contribution in [-0.4, -0.2) is 53.9 Å². The Morgan fingerprint density at radius 3 is 2.46 bits per heavy atom. The number of methoxy groups -OCH3 is 1. The largest absolute Gasteiger partial charge is 0.481 e. The van der Waals surface area contributed by atoms with Crippen LogP contribution in [0, 0.1) is 17.3 Å². The third-order valence-corrected chi connectivity index (χ3v) is 9.15. The standard InChI is InChI=1S/C28H29F3O8/c1-14-19-22(39-24(34)27(36-4,28(29,30)31)16-10-6-5-7-11-16)26(35)13-9-8-12-17(26)25(14,3)21(32)18-20(38-19)15(2)37-23(18)33/h5-7,10-11,14,17,19,22,35H,2,8-9,12-13H2,1,3-4H3/t14-,17+,19+,22-,25-,26+,27-/m1/s1. The lowest BCUT2D eigenvalue weighted by Crippen LogP contribution is -2.71. The van der Waals surface area contributed by atoms with Crippen molar-refractivity contribution in [2.45, 2.75) is 69.1 Å². The first-order valence-electron chi connectivity index (χ1n) is 12.7. The van der Waals surface area contributed by atoms with Gasteiger partial charge in [-0.05, 0) is 12.8 Å². The maximum atomic E-state index is 14.6. The zero-order valence-electron chi connectivity index (χ0n) is 21.7. The lowest BCUT2D eigenvalue weighted by atomic mass is 9.48. The van der Waals surface area contributed by atoms with Gasteiger partial charge in [-0.25, -0.2) is 9.59 Å². The van der Waals surface area contributed by atoms with Gasteiger partial charge in [0.15, 0.2) is 23.4 Å². The highest BCUT2D eigenvalue weighted by Crippen LogP contribution is 2.61. The Hall–Kier alpha value is -3.18. The molecule has 5 rings (SSSR count). The fraction of sp³-hybridized carbons (Fsp3) is 0.536. The highest BCUT2D eigenvalue weighted by molar-refractivity contribution is 6.22. The smallest absolute Gasteiger partial charge is 0.432 e. The number of benzene rings is 1. The number of esters is 2. The number of halogens is 3. The summed E-state index contributed by atoms with van der Waals surface area (Å²) in [6, 6.07) is 6.35. The summed E-state index contributed by atoms with van der Waals surface area (Å²) < 4.78 is 65.5. The van der Waals surface area contributed by atoms with Gasteiger partial charge in [0, 0.05) is 29.9 Å². The minimum Gasteiger partial charge on any atom is -0.481 e. The van der Waals surface area contributed by atoms with Crippen molar-refractivity contribution in [1.29, 1.82) is 0 Å². The molecule has 0 aromatic heterocycles. The van der Waals surface area contributed by atoms with Gasteiger partial charge in [-0.15, -0.1) is 0 Å². The van der Waals surface area contributed by atoms with Crippen LogP contribution in [-0.2, 0) is 38.9 Å². The lowest BCUT2D eigenvalue weighted by molar-refractivity contribution is -0.296. The number of rotatable bonds is 4. The molecule has 2 aliphatic heterocycles. The minimum atomic E-state index is -5.24. The van der Waals surface area contributed by atoms with Crippen LogP contribution in [0.5, 0.6) is 0 Å². The molecule has 2 bridgehead atoms. The second kappa shape index (κ2) is 8.92. The molecule has 2 saturated carbocycles. The molecule has 1 aromatic carbocycles. The zero-order valence-corrected chi connectivity index (χ0v) is 21.7. The highest BCUT2D eigenvalue weighted by atomic mass is 19.4. The second-order valence-corrected chi connectivity index (χ2v) is 10.9. The van der Waals surface area contributed by atoms with Crippen LogP contribution < -0.4 is 0 Å². The minimum absolute atomic E-state index is 0.0401. The van der Waals surface area contributed by atoms with Crippen LogP contribution in [0.4, 0.5) is 13.2 Å². The summed E-state index contributed by atoms with van der Waals surface area (Å²) in [4.78, 5) is 40.2. The average molecular weight is 551 g/mol. The molecule has 7 atom stereocenters. The summed E-state index contributed by atoms with van der Waals surface area (Å²) in [6.07, 6.45) is -6.73. The first kappa shape index (κ1) is 27.4. The molecule has 1 aromatic rings. The topological polar surface area (TPSA) is 108 Å². The Morgan fingerprint density at radius 2 is 1.85 bits per heavy atom. The Morgan fingerprint density at radius 1 is 1.18 bits per heavy atom. The van der Waals surface area contributed by atoms with E-state index in [-0.39, 0.29) is 23.5 Å². The Kier molecular flexibility index (Phi) is 6.26. The maximum absolute atomic E-state index is 14.6. The fourth-order valence-corrected chi connectivity index (χ4v) is 7.00. The number of hydrogen-bond donors (Lipinski definition) is 1. The van der Waals surface area contributed by atoms with E-state index in [0.717, 1.165) is 19.2 Å². The maximum Gasteiger partial charge on any atom is 0.432 e. The number of aliphatic hydroxyl groups is 1. The van der Waals surface area contributed by atoms with Gasteiger partial charge >= 0.3 is 18.1 Å². The lowest BCUT2D eigenvalue weighted by Gasteiger charge is -2.59. The first-order chi connectivity index (χ1) is 18.2. The molecule has 0 saturated heterocycles. The van der Waals surface area contributed by atoms with Crippen molar-refractivity contribution in [3.8, 4) is 0 Å². The molecule has 0 radical (unpaired) electrons. The van der Waals surface area contributed by atoms with E-state index in [0.29, 0.717) is 19.3 Å². The first-order valence-corrected chi connectivity index (χ1v) is 12.7. The number of carbonyl (C=O) groups is 3. The molecule has 0 unspecified atom stereocenters. The Balaban J connectivity index is 1.66. The number of Topliss-reactive ketones (excluding diaryl/α,β-unsaturated/α-hetero) is 1. The molecule has 8 nitrogen and oxygen atoms in total. The van der Waals surface area contributed by atoms with Crippen LogP contribution in [0.2, 0.25) is 0 Å². The summed E-state index contributed by atoms with van der Waals surface area (Å²) in [5.41, 5.74) is -7.66. The number of ether oxygens (including phenoxy) is 4. The Bertz CT molecular complexity index is 1270.